The van der Waals surface area contributed by atoms with E-state index in [4.69, 9.17) is 30.7 Å². The molecule has 0 aromatic rings. The van der Waals surface area contributed by atoms with Gasteiger partial charge in [-0.15, -0.1) is 0 Å². The molecule has 7 aliphatic rings. The second kappa shape index (κ2) is 10.9. The first kappa shape index (κ1) is 29.3. The number of epoxide rings is 3. The van der Waals surface area contributed by atoms with E-state index in [0.717, 1.165) is 35.9 Å². The SMILES string of the molecule is C[Si]1(C)O[Si](C)(CCC2CCC3OC3C2)O[Si](C)(CCC2CCC3OC3C2)O[Si](C)(CCC2CCC3OC3C2)O1. The third kappa shape index (κ3) is 7.11. The Kier molecular flexibility index (Phi) is 7.98. The normalized spacial score (nSPS) is 52.9. The highest BCUT2D eigenvalue weighted by molar-refractivity contribution is 6.93. The molecule has 7 fully saturated rings. The zero-order chi connectivity index (χ0) is 27.8. The minimum Gasteiger partial charge on any atom is -0.416 e. The topological polar surface area (TPSA) is 74.5 Å². The summed E-state index contributed by atoms with van der Waals surface area (Å²) >= 11 is 0. The van der Waals surface area contributed by atoms with Crippen LogP contribution in [0, 0.1) is 17.8 Å². The summed E-state index contributed by atoms with van der Waals surface area (Å²) in [6.07, 6.45) is 18.1. The van der Waals surface area contributed by atoms with E-state index in [1.54, 1.807) is 0 Å². The maximum atomic E-state index is 7.41. The average Bonchev–Trinajstić information content (AvgIpc) is 3.76. The van der Waals surface area contributed by atoms with Gasteiger partial charge in [0, 0.05) is 0 Å². The van der Waals surface area contributed by atoms with Crippen LogP contribution >= 0.6 is 0 Å². The van der Waals surface area contributed by atoms with Crippen molar-refractivity contribution in [1.29, 1.82) is 0 Å². The molecule has 0 aromatic carbocycles. The van der Waals surface area contributed by atoms with Crippen molar-refractivity contribution in [3.63, 3.8) is 0 Å². The lowest BCUT2D eigenvalue weighted by Crippen LogP contribution is -2.66. The molecule has 0 bridgehead atoms. The van der Waals surface area contributed by atoms with Crippen LogP contribution in [-0.2, 0) is 30.7 Å². The van der Waals surface area contributed by atoms with Crippen LogP contribution in [0.2, 0.25) is 50.9 Å². The summed E-state index contributed by atoms with van der Waals surface area (Å²) in [6, 6.07) is 3.15. The van der Waals surface area contributed by atoms with E-state index in [9.17, 15) is 0 Å². The summed E-state index contributed by atoms with van der Waals surface area (Å²) in [5.41, 5.74) is 0. The molecule has 7 nitrogen and oxygen atoms in total. The fourth-order valence-corrected chi connectivity index (χ4v) is 32.0. The summed E-state index contributed by atoms with van der Waals surface area (Å²) in [5.74, 6) is 2.22. The second-order valence-electron chi connectivity index (χ2n) is 15.5. The molecular formula is C29H54O7Si4. The predicted octanol–water partition coefficient (Wildman–Crippen LogP) is 6.86. The molecule has 11 atom stereocenters. The number of hydrogen-bond donors (Lipinski definition) is 0. The molecule has 228 valence electrons. The lowest BCUT2D eigenvalue weighted by Gasteiger charge is -2.50. The van der Waals surface area contributed by atoms with Crippen LogP contribution in [-0.4, -0.2) is 70.9 Å². The number of rotatable bonds is 9. The molecule has 11 heteroatoms. The fourth-order valence-electron chi connectivity index (χ4n) is 8.99. The number of hydrogen-bond acceptors (Lipinski definition) is 7. The van der Waals surface area contributed by atoms with Crippen molar-refractivity contribution in [1.82, 2.24) is 0 Å². The van der Waals surface area contributed by atoms with Gasteiger partial charge in [-0.05, 0) is 146 Å². The van der Waals surface area contributed by atoms with E-state index in [-0.39, 0.29) is 0 Å². The molecule has 0 aromatic heterocycles. The molecular weight excluding hydrogens is 573 g/mol. The Morgan fingerprint density at radius 1 is 0.425 bits per heavy atom. The van der Waals surface area contributed by atoms with E-state index in [1.165, 1.54) is 77.0 Å². The Bertz CT molecular complexity index is 890. The molecule has 7 rings (SSSR count). The minimum atomic E-state index is -2.52. The molecule has 0 spiro atoms. The quantitative estimate of drug-likeness (QED) is 0.205. The molecule has 4 heterocycles. The summed E-state index contributed by atoms with van der Waals surface area (Å²) < 4.78 is 46.7. The highest BCUT2D eigenvalue weighted by Gasteiger charge is 2.56. The molecule has 0 radical (unpaired) electrons. The first-order valence-electron chi connectivity index (χ1n) is 16.7. The highest BCUT2D eigenvalue weighted by Crippen LogP contribution is 2.46. The van der Waals surface area contributed by atoms with E-state index in [0.29, 0.717) is 36.6 Å². The zero-order valence-electron chi connectivity index (χ0n) is 25.7. The van der Waals surface area contributed by atoms with Gasteiger partial charge in [0.15, 0.2) is 0 Å². The van der Waals surface area contributed by atoms with Crippen molar-refractivity contribution in [3.8, 4) is 0 Å². The number of fused-ring (bicyclic) bond motifs is 3. The van der Waals surface area contributed by atoms with Gasteiger partial charge < -0.3 is 30.7 Å². The van der Waals surface area contributed by atoms with Crippen LogP contribution < -0.4 is 0 Å². The van der Waals surface area contributed by atoms with Gasteiger partial charge in [0.2, 0.25) is 0 Å². The maximum Gasteiger partial charge on any atom is 0.317 e. The fraction of sp³-hybridized carbons (Fsp3) is 1.00. The predicted molar refractivity (Wildman–Crippen MR) is 163 cm³/mol. The second-order valence-corrected chi connectivity index (χ2v) is 29.9. The molecule has 4 saturated heterocycles. The van der Waals surface area contributed by atoms with Crippen LogP contribution in [0.25, 0.3) is 0 Å². The lowest BCUT2D eigenvalue weighted by molar-refractivity contribution is 0.217. The van der Waals surface area contributed by atoms with Crippen molar-refractivity contribution in [2.45, 2.75) is 165 Å². The summed E-state index contributed by atoms with van der Waals surface area (Å²) in [6.45, 7) is 11.5. The van der Waals surface area contributed by atoms with E-state index < -0.39 is 34.2 Å². The molecule has 0 amide bonds. The van der Waals surface area contributed by atoms with Crippen LogP contribution in [0.1, 0.15) is 77.0 Å². The van der Waals surface area contributed by atoms with Crippen molar-refractivity contribution in [2.75, 3.05) is 0 Å². The monoisotopic (exact) mass is 626 g/mol. The van der Waals surface area contributed by atoms with Gasteiger partial charge in [0.1, 0.15) is 0 Å². The Morgan fingerprint density at radius 3 is 1.07 bits per heavy atom. The third-order valence-electron chi connectivity index (χ3n) is 11.1. The maximum absolute atomic E-state index is 7.41. The van der Waals surface area contributed by atoms with E-state index >= 15 is 0 Å². The molecule has 4 aliphatic heterocycles. The largest absolute Gasteiger partial charge is 0.416 e. The van der Waals surface area contributed by atoms with E-state index in [2.05, 4.69) is 32.7 Å². The lowest BCUT2D eigenvalue weighted by atomic mass is 9.88. The first-order valence-corrected chi connectivity index (χ1v) is 27.1. The minimum absolute atomic E-state index is 0.529. The van der Waals surface area contributed by atoms with Gasteiger partial charge in [-0.1, -0.05) is 0 Å². The van der Waals surface area contributed by atoms with Crippen LogP contribution in [0.4, 0.5) is 0 Å². The molecule has 0 N–H and O–H groups in total. The van der Waals surface area contributed by atoms with Crippen LogP contribution in [0.3, 0.4) is 0 Å². The summed E-state index contributed by atoms with van der Waals surface area (Å²) in [5, 5.41) is 0. The smallest absolute Gasteiger partial charge is 0.317 e. The van der Waals surface area contributed by atoms with Gasteiger partial charge >= 0.3 is 34.2 Å². The van der Waals surface area contributed by atoms with Gasteiger partial charge in [-0.3, -0.25) is 0 Å². The zero-order valence-corrected chi connectivity index (χ0v) is 29.7. The van der Waals surface area contributed by atoms with Gasteiger partial charge in [0.05, 0.1) is 36.6 Å². The Morgan fingerprint density at radius 2 is 0.750 bits per heavy atom. The van der Waals surface area contributed by atoms with Crippen LogP contribution in [0.5, 0.6) is 0 Å². The Hall–Kier alpha value is 0.588. The first-order chi connectivity index (χ1) is 19.0. The van der Waals surface area contributed by atoms with Gasteiger partial charge in [-0.2, -0.15) is 0 Å². The highest BCUT2D eigenvalue weighted by atomic mass is 28.5. The van der Waals surface area contributed by atoms with Gasteiger partial charge in [-0.25, -0.2) is 0 Å². The Labute approximate surface area is 246 Å². The van der Waals surface area contributed by atoms with Crippen molar-refractivity contribution < 1.29 is 30.7 Å². The average molecular weight is 627 g/mol. The standard InChI is InChI=1S/C29H54O7Si4/c1-37(2)33-38(3,15-12-21-6-9-24-27(18-21)30-24)35-40(5,17-14-23-8-11-26-29(20-23)32-26)36-39(4,34-37)16-13-22-7-10-25-28(19-22)31-25/h21-29H,6-20H2,1-5H3. The van der Waals surface area contributed by atoms with Crippen molar-refractivity contribution in [2.24, 2.45) is 17.8 Å². The molecule has 3 saturated carbocycles. The van der Waals surface area contributed by atoms with Crippen molar-refractivity contribution >= 4 is 34.2 Å². The summed E-state index contributed by atoms with van der Waals surface area (Å²) in [4.78, 5) is 0. The van der Waals surface area contributed by atoms with Crippen LogP contribution in [0.15, 0.2) is 0 Å². The molecule has 11 unspecified atom stereocenters. The number of ether oxygens (including phenoxy) is 3. The Balaban J connectivity index is 1.05. The van der Waals surface area contributed by atoms with Crippen molar-refractivity contribution in [3.05, 3.63) is 0 Å². The third-order valence-corrected chi connectivity index (χ3v) is 29.0. The molecule has 40 heavy (non-hydrogen) atoms. The van der Waals surface area contributed by atoms with Gasteiger partial charge in [0.25, 0.3) is 0 Å². The molecule has 3 aliphatic carbocycles. The van der Waals surface area contributed by atoms with E-state index in [1.807, 2.05) is 0 Å². The summed E-state index contributed by atoms with van der Waals surface area (Å²) in [7, 11) is -9.91.